The van der Waals surface area contributed by atoms with Crippen LogP contribution in [-0.4, -0.2) is 32.7 Å². The lowest BCUT2D eigenvalue weighted by molar-refractivity contribution is 0.0963. The Hall–Kier alpha value is -1.26. The highest BCUT2D eigenvalue weighted by atomic mass is 35.5. The summed E-state index contributed by atoms with van der Waals surface area (Å²) in [6.45, 7) is 0.669. The van der Waals surface area contributed by atoms with Crippen molar-refractivity contribution in [2.24, 2.45) is 5.92 Å². The van der Waals surface area contributed by atoms with Crippen molar-refractivity contribution in [3.05, 3.63) is 28.8 Å². The highest BCUT2D eigenvalue weighted by molar-refractivity contribution is 6.34. The standard InChI is InChI=1S/C14H19ClN2O2/c1-16-14(18)11-7-10(5-6-12(11)15)17-13(8-19-2)9-3-4-9/h5-7,9,13,17H,3-4,8H2,1-2H3,(H,16,18). The van der Waals surface area contributed by atoms with Crippen molar-refractivity contribution >= 4 is 23.2 Å². The number of ether oxygens (including phenoxy) is 1. The molecule has 2 N–H and O–H groups in total. The largest absolute Gasteiger partial charge is 0.383 e. The molecule has 0 aliphatic heterocycles. The summed E-state index contributed by atoms with van der Waals surface area (Å²) in [7, 11) is 3.30. The minimum atomic E-state index is -0.177. The van der Waals surface area contributed by atoms with Crippen molar-refractivity contribution in [1.82, 2.24) is 5.32 Å². The average molecular weight is 283 g/mol. The van der Waals surface area contributed by atoms with Gasteiger partial charge in [-0.2, -0.15) is 0 Å². The van der Waals surface area contributed by atoms with Gasteiger partial charge >= 0.3 is 0 Å². The number of halogens is 1. The van der Waals surface area contributed by atoms with E-state index in [1.807, 2.05) is 6.07 Å². The number of anilines is 1. The molecule has 1 atom stereocenters. The van der Waals surface area contributed by atoms with Crippen molar-refractivity contribution in [1.29, 1.82) is 0 Å². The maximum absolute atomic E-state index is 11.7. The predicted molar refractivity (Wildman–Crippen MR) is 76.9 cm³/mol. The predicted octanol–water partition coefficient (Wildman–Crippen LogP) is 2.54. The molecule has 2 rings (SSSR count). The van der Waals surface area contributed by atoms with Gasteiger partial charge in [0, 0.05) is 19.8 Å². The number of hydrogen-bond acceptors (Lipinski definition) is 3. The molecular weight excluding hydrogens is 264 g/mol. The Bertz CT molecular complexity index is 461. The third-order valence-electron chi connectivity index (χ3n) is 3.33. The number of carbonyl (C=O) groups is 1. The van der Waals surface area contributed by atoms with Crippen LogP contribution in [0.5, 0.6) is 0 Å². The van der Waals surface area contributed by atoms with Gasteiger partial charge in [-0.05, 0) is 37.0 Å². The third-order valence-corrected chi connectivity index (χ3v) is 3.66. The summed E-state index contributed by atoms with van der Waals surface area (Å²) in [5.41, 5.74) is 1.39. The fraction of sp³-hybridized carbons (Fsp3) is 0.500. The van der Waals surface area contributed by atoms with E-state index in [1.165, 1.54) is 12.8 Å². The number of nitrogens with one attached hydrogen (secondary N) is 2. The van der Waals surface area contributed by atoms with Gasteiger partial charge in [0.2, 0.25) is 0 Å². The number of methoxy groups -OCH3 is 1. The second-order valence-corrected chi connectivity index (χ2v) is 5.22. The lowest BCUT2D eigenvalue weighted by Gasteiger charge is -2.19. The third kappa shape index (κ3) is 3.61. The second kappa shape index (κ2) is 6.26. The van der Waals surface area contributed by atoms with Crippen LogP contribution in [0.4, 0.5) is 5.69 Å². The molecule has 104 valence electrons. The van der Waals surface area contributed by atoms with Crippen LogP contribution in [0, 0.1) is 5.92 Å². The van der Waals surface area contributed by atoms with Gasteiger partial charge < -0.3 is 15.4 Å². The van der Waals surface area contributed by atoms with Crippen LogP contribution in [-0.2, 0) is 4.74 Å². The summed E-state index contributed by atoms with van der Waals surface area (Å²) < 4.78 is 5.23. The van der Waals surface area contributed by atoms with Crippen molar-refractivity contribution in [3.63, 3.8) is 0 Å². The number of hydrogen-bond donors (Lipinski definition) is 2. The highest BCUT2D eigenvalue weighted by Crippen LogP contribution is 2.34. The van der Waals surface area contributed by atoms with Crippen LogP contribution in [0.15, 0.2) is 18.2 Å². The Morgan fingerprint density at radius 3 is 2.84 bits per heavy atom. The Labute approximate surface area is 118 Å². The number of benzene rings is 1. The van der Waals surface area contributed by atoms with Crippen LogP contribution >= 0.6 is 11.6 Å². The summed E-state index contributed by atoms with van der Waals surface area (Å²) in [5, 5.41) is 6.47. The first kappa shape index (κ1) is 14.2. The summed E-state index contributed by atoms with van der Waals surface area (Å²) in [6.07, 6.45) is 2.47. The van der Waals surface area contributed by atoms with Gasteiger partial charge in [0.15, 0.2) is 0 Å². The van der Waals surface area contributed by atoms with E-state index < -0.39 is 0 Å². The molecule has 1 fully saturated rings. The van der Waals surface area contributed by atoms with Crippen LogP contribution < -0.4 is 10.6 Å². The molecule has 1 aromatic rings. The van der Waals surface area contributed by atoms with E-state index >= 15 is 0 Å². The Morgan fingerprint density at radius 2 is 2.26 bits per heavy atom. The van der Waals surface area contributed by atoms with E-state index in [9.17, 15) is 4.79 Å². The maximum atomic E-state index is 11.7. The summed E-state index contributed by atoms with van der Waals surface area (Å²) >= 11 is 6.03. The Kier molecular flexibility index (Phi) is 4.66. The topological polar surface area (TPSA) is 50.4 Å². The number of rotatable bonds is 6. The van der Waals surface area contributed by atoms with Crippen LogP contribution in [0.2, 0.25) is 5.02 Å². The fourth-order valence-electron chi connectivity index (χ4n) is 2.11. The van der Waals surface area contributed by atoms with Gasteiger partial charge in [-0.3, -0.25) is 4.79 Å². The zero-order valence-electron chi connectivity index (χ0n) is 11.2. The maximum Gasteiger partial charge on any atom is 0.252 e. The van der Waals surface area contributed by atoms with E-state index in [2.05, 4.69) is 10.6 Å². The highest BCUT2D eigenvalue weighted by Gasteiger charge is 2.31. The average Bonchev–Trinajstić information content (AvgIpc) is 3.24. The fourth-order valence-corrected chi connectivity index (χ4v) is 2.31. The first-order valence-corrected chi connectivity index (χ1v) is 6.80. The van der Waals surface area contributed by atoms with E-state index in [1.54, 1.807) is 26.3 Å². The minimum Gasteiger partial charge on any atom is -0.383 e. The van der Waals surface area contributed by atoms with E-state index in [-0.39, 0.29) is 5.91 Å². The van der Waals surface area contributed by atoms with Gasteiger partial charge in [0.25, 0.3) is 5.91 Å². The summed E-state index contributed by atoms with van der Waals surface area (Å²) in [5.74, 6) is 0.488. The Morgan fingerprint density at radius 1 is 1.53 bits per heavy atom. The molecular formula is C14H19ClN2O2. The molecule has 1 aliphatic carbocycles. The van der Waals surface area contributed by atoms with Crippen LogP contribution in [0.25, 0.3) is 0 Å². The molecule has 0 radical (unpaired) electrons. The molecule has 19 heavy (non-hydrogen) atoms. The number of amides is 1. The molecule has 1 unspecified atom stereocenters. The molecule has 1 aromatic carbocycles. The van der Waals surface area contributed by atoms with Crippen molar-refractivity contribution in [3.8, 4) is 0 Å². The molecule has 4 nitrogen and oxygen atoms in total. The van der Waals surface area contributed by atoms with Gasteiger partial charge in [-0.15, -0.1) is 0 Å². The molecule has 5 heteroatoms. The molecule has 0 bridgehead atoms. The van der Waals surface area contributed by atoms with Gasteiger partial charge in [-0.1, -0.05) is 11.6 Å². The number of carbonyl (C=O) groups excluding carboxylic acids is 1. The minimum absolute atomic E-state index is 0.177. The van der Waals surface area contributed by atoms with E-state index in [0.29, 0.717) is 29.2 Å². The zero-order valence-corrected chi connectivity index (χ0v) is 12.0. The first-order chi connectivity index (χ1) is 9.15. The molecule has 1 aliphatic rings. The zero-order chi connectivity index (χ0) is 13.8. The molecule has 0 aromatic heterocycles. The summed E-state index contributed by atoms with van der Waals surface area (Å²) in [4.78, 5) is 11.7. The molecule has 0 heterocycles. The molecule has 0 saturated heterocycles. The van der Waals surface area contributed by atoms with Crippen molar-refractivity contribution in [2.75, 3.05) is 26.1 Å². The second-order valence-electron chi connectivity index (χ2n) is 4.82. The summed E-state index contributed by atoms with van der Waals surface area (Å²) in [6, 6.07) is 5.71. The monoisotopic (exact) mass is 282 g/mol. The SMILES string of the molecule is CNC(=O)c1cc(NC(COC)C2CC2)ccc1Cl. The first-order valence-electron chi connectivity index (χ1n) is 6.42. The lowest BCUT2D eigenvalue weighted by Crippen LogP contribution is -2.27. The van der Waals surface area contributed by atoms with Gasteiger partial charge in [0.05, 0.1) is 23.2 Å². The normalized spacial score (nSPS) is 15.9. The van der Waals surface area contributed by atoms with Crippen LogP contribution in [0.3, 0.4) is 0 Å². The molecule has 1 saturated carbocycles. The lowest BCUT2D eigenvalue weighted by atomic mass is 10.1. The van der Waals surface area contributed by atoms with E-state index in [0.717, 1.165) is 5.69 Å². The van der Waals surface area contributed by atoms with Crippen molar-refractivity contribution < 1.29 is 9.53 Å². The van der Waals surface area contributed by atoms with Crippen LogP contribution in [0.1, 0.15) is 23.2 Å². The van der Waals surface area contributed by atoms with Gasteiger partial charge in [-0.25, -0.2) is 0 Å². The van der Waals surface area contributed by atoms with Crippen molar-refractivity contribution in [2.45, 2.75) is 18.9 Å². The quantitative estimate of drug-likeness (QED) is 0.843. The smallest absolute Gasteiger partial charge is 0.252 e. The molecule has 1 amide bonds. The van der Waals surface area contributed by atoms with E-state index in [4.69, 9.17) is 16.3 Å². The Balaban J connectivity index is 2.13. The molecule has 0 spiro atoms. The van der Waals surface area contributed by atoms with Gasteiger partial charge in [0.1, 0.15) is 0 Å².